The van der Waals surface area contributed by atoms with Crippen LogP contribution in [0.4, 0.5) is 0 Å². The van der Waals surface area contributed by atoms with Crippen LogP contribution in [0.3, 0.4) is 0 Å². The Hall–Kier alpha value is -2.37. The maximum absolute atomic E-state index is 12.8. The van der Waals surface area contributed by atoms with Crippen LogP contribution in [0.25, 0.3) is 0 Å². The van der Waals surface area contributed by atoms with E-state index >= 15 is 0 Å². The summed E-state index contributed by atoms with van der Waals surface area (Å²) in [6, 6.07) is 11.7. The van der Waals surface area contributed by atoms with Crippen molar-refractivity contribution in [3.63, 3.8) is 0 Å². The molecule has 0 aliphatic heterocycles. The molecule has 136 valence electrons. The van der Waals surface area contributed by atoms with Gasteiger partial charge in [0.15, 0.2) is 0 Å². The Balaban J connectivity index is 1.93. The molecule has 3 aliphatic rings. The largest absolute Gasteiger partial charge is 0.508 e. The predicted octanol–water partition coefficient (Wildman–Crippen LogP) is 2.40. The summed E-state index contributed by atoms with van der Waals surface area (Å²) in [4.78, 5) is 12.8. The first-order valence-corrected chi connectivity index (χ1v) is 8.84. The van der Waals surface area contributed by atoms with E-state index in [1.54, 1.807) is 36.4 Å². The van der Waals surface area contributed by atoms with Gasteiger partial charge < -0.3 is 20.1 Å². The first kappa shape index (κ1) is 17.1. The molecule has 0 spiro atoms. The molecule has 3 N–H and O–H groups in total. The summed E-state index contributed by atoms with van der Waals surface area (Å²) in [5.74, 6) is -1.41. The zero-order valence-electron chi connectivity index (χ0n) is 14.8. The molecule has 0 heterocycles. The van der Waals surface area contributed by atoms with Gasteiger partial charge in [0.25, 0.3) is 0 Å². The molecule has 2 bridgehead atoms. The van der Waals surface area contributed by atoms with Gasteiger partial charge in [-0.2, -0.15) is 0 Å². The molecule has 0 radical (unpaired) electrons. The Morgan fingerprint density at radius 3 is 2.46 bits per heavy atom. The van der Waals surface area contributed by atoms with Crippen molar-refractivity contribution in [1.82, 2.24) is 0 Å². The van der Waals surface area contributed by atoms with Crippen LogP contribution in [0.2, 0.25) is 0 Å². The van der Waals surface area contributed by atoms with Crippen molar-refractivity contribution in [1.29, 1.82) is 0 Å². The summed E-state index contributed by atoms with van der Waals surface area (Å²) in [6.07, 6.45) is -0.0397. The number of ether oxygens (including phenoxy) is 1. The third-order valence-electron chi connectivity index (χ3n) is 5.50. The summed E-state index contributed by atoms with van der Waals surface area (Å²) < 4.78 is 5.39. The second-order valence-corrected chi connectivity index (χ2v) is 7.65. The molecule has 5 nitrogen and oxygen atoms in total. The van der Waals surface area contributed by atoms with Gasteiger partial charge in [0.05, 0.1) is 12.5 Å². The molecule has 3 atom stereocenters. The van der Waals surface area contributed by atoms with Crippen molar-refractivity contribution < 1.29 is 24.9 Å². The number of fused-ring (bicyclic) bond motifs is 1. The molecule has 2 aromatic carbocycles. The number of benzene rings is 2. The van der Waals surface area contributed by atoms with Gasteiger partial charge in [-0.1, -0.05) is 50.2 Å². The predicted molar refractivity (Wildman–Crippen MR) is 94.5 cm³/mol. The quantitative estimate of drug-likeness (QED) is 0.737. The lowest BCUT2D eigenvalue weighted by atomic mass is 9.54. The van der Waals surface area contributed by atoms with Crippen LogP contribution in [0.15, 0.2) is 42.5 Å². The number of aliphatic hydroxyl groups is 2. The summed E-state index contributed by atoms with van der Waals surface area (Å²) in [6.45, 7) is 4.12. The Labute approximate surface area is 151 Å². The van der Waals surface area contributed by atoms with Crippen LogP contribution >= 0.6 is 0 Å². The number of rotatable bonds is 3. The third-order valence-corrected chi connectivity index (χ3v) is 5.50. The van der Waals surface area contributed by atoms with E-state index in [0.29, 0.717) is 16.7 Å². The maximum Gasteiger partial charge on any atom is 0.312 e. The summed E-state index contributed by atoms with van der Waals surface area (Å²) in [5, 5.41) is 33.7. The maximum atomic E-state index is 12.8. The smallest absolute Gasteiger partial charge is 0.312 e. The van der Waals surface area contributed by atoms with Crippen molar-refractivity contribution in [2.45, 2.75) is 31.5 Å². The molecule has 0 fully saturated rings. The minimum absolute atomic E-state index is 0.0397. The van der Waals surface area contributed by atoms with Crippen LogP contribution in [0.1, 0.15) is 42.5 Å². The molecule has 0 saturated heterocycles. The molecule has 0 aromatic heterocycles. The van der Waals surface area contributed by atoms with Crippen LogP contribution in [0, 0.1) is 11.8 Å². The van der Waals surface area contributed by atoms with Crippen LogP contribution < -0.4 is 0 Å². The number of aromatic hydroxyl groups is 1. The van der Waals surface area contributed by atoms with Gasteiger partial charge in [0, 0.05) is 12.0 Å². The second kappa shape index (κ2) is 5.56. The highest BCUT2D eigenvalue weighted by Crippen LogP contribution is 2.61. The SMILES string of the molecule is CC(C)COC(=O)C1CC2(O)c3ccccc3C1(O)c1cccc(O)c12. The lowest BCUT2D eigenvalue weighted by Crippen LogP contribution is -2.57. The number of phenolic OH excluding ortho intramolecular Hbond substituents is 1. The fourth-order valence-electron chi connectivity index (χ4n) is 4.38. The Kier molecular flexibility index (Phi) is 3.65. The van der Waals surface area contributed by atoms with E-state index in [1.165, 1.54) is 6.07 Å². The van der Waals surface area contributed by atoms with E-state index in [0.717, 1.165) is 0 Å². The standard InChI is InChI=1S/C21H22O5/c1-12(2)11-26-19(23)16-10-20(24)13-6-3-4-7-14(13)21(16,25)15-8-5-9-17(22)18(15)20/h3-9,12,16,22,24-25H,10-11H2,1-2H3. The van der Waals surface area contributed by atoms with Gasteiger partial charge in [0.2, 0.25) is 0 Å². The molecule has 2 aromatic rings. The molecule has 26 heavy (non-hydrogen) atoms. The van der Waals surface area contributed by atoms with E-state index in [9.17, 15) is 20.1 Å². The molecule has 3 aliphatic carbocycles. The molecular weight excluding hydrogens is 332 g/mol. The molecular formula is C21H22O5. The molecule has 3 unspecified atom stereocenters. The average Bonchev–Trinajstić information content (AvgIpc) is 2.62. The third kappa shape index (κ3) is 2.07. The molecule has 5 rings (SSSR count). The summed E-state index contributed by atoms with van der Waals surface area (Å²) in [5.41, 5.74) is -1.57. The monoisotopic (exact) mass is 354 g/mol. The van der Waals surface area contributed by atoms with Crippen LogP contribution in [-0.4, -0.2) is 27.9 Å². The second-order valence-electron chi connectivity index (χ2n) is 7.65. The van der Waals surface area contributed by atoms with Crippen LogP contribution in [0.5, 0.6) is 5.75 Å². The minimum Gasteiger partial charge on any atom is -0.508 e. The highest BCUT2D eigenvalue weighted by molar-refractivity contribution is 5.80. The fourth-order valence-corrected chi connectivity index (χ4v) is 4.38. The number of carbonyl (C=O) groups is 1. The van der Waals surface area contributed by atoms with Crippen molar-refractivity contribution in [3.8, 4) is 5.75 Å². The van der Waals surface area contributed by atoms with E-state index < -0.39 is 23.1 Å². The summed E-state index contributed by atoms with van der Waals surface area (Å²) >= 11 is 0. The Bertz CT molecular complexity index is 890. The van der Waals surface area contributed by atoms with Gasteiger partial charge >= 0.3 is 5.97 Å². The zero-order valence-corrected chi connectivity index (χ0v) is 14.8. The minimum atomic E-state index is -1.65. The Morgan fingerprint density at radius 1 is 1.12 bits per heavy atom. The Morgan fingerprint density at radius 2 is 1.77 bits per heavy atom. The zero-order chi connectivity index (χ0) is 18.7. The van der Waals surface area contributed by atoms with Crippen molar-refractivity contribution in [2.24, 2.45) is 11.8 Å². The van der Waals surface area contributed by atoms with Gasteiger partial charge in [-0.15, -0.1) is 0 Å². The number of phenols is 1. The van der Waals surface area contributed by atoms with Crippen molar-refractivity contribution in [3.05, 3.63) is 64.7 Å². The molecule has 0 amide bonds. The van der Waals surface area contributed by atoms with Crippen molar-refractivity contribution >= 4 is 5.97 Å². The van der Waals surface area contributed by atoms with E-state index in [4.69, 9.17) is 4.74 Å². The molecule has 0 saturated carbocycles. The van der Waals surface area contributed by atoms with E-state index in [1.807, 2.05) is 13.8 Å². The average molecular weight is 354 g/mol. The fraction of sp³-hybridized carbons (Fsp3) is 0.381. The number of carbonyl (C=O) groups excluding carboxylic acids is 1. The van der Waals surface area contributed by atoms with Gasteiger partial charge in [-0.3, -0.25) is 4.79 Å². The highest BCUT2D eigenvalue weighted by atomic mass is 16.5. The molecule has 5 heteroatoms. The lowest BCUT2D eigenvalue weighted by molar-refractivity contribution is -0.168. The summed E-state index contributed by atoms with van der Waals surface area (Å²) in [7, 11) is 0. The number of esters is 1. The van der Waals surface area contributed by atoms with Crippen molar-refractivity contribution in [2.75, 3.05) is 6.61 Å². The van der Waals surface area contributed by atoms with Gasteiger partial charge in [-0.25, -0.2) is 0 Å². The highest BCUT2D eigenvalue weighted by Gasteiger charge is 2.63. The lowest BCUT2D eigenvalue weighted by Gasteiger charge is -2.53. The first-order valence-electron chi connectivity index (χ1n) is 8.84. The van der Waals surface area contributed by atoms with E-state index in [2.05, 4.69) is 0 Å². The van der Waals surface area contributed by atoms with E-state index in [-0.39, 0.29) is 30.3 Å². The van der Waals surface area contributed by atoms with Gasteiger partial charge in [-0.05, 0) is 28.7 Å². The number of hydrogen-bond acceptors (Lipinski definition) is 5. The first-order chi connectivity index (χ1) is 12.3. The van der Waals surface area contributed by atoms with Gasteiger partial charge in [0.1, 0.15) is 17.0 Å². The number of hydrogen-bond donors (Lipinski definition) is 3. The van der Waals surface area contributed by atoms with Crippen LogP contribution in [-0.2, 0) is 20.7 Å². The normalized spacial score (nSPS) is 28.6. The topological polar surface area (TPSA) is 87.0 Å².